The molecule has 20 heavy (non-hydrogen) atoms. The molecule has 0 aromatic rings. The lowest BCUT2D eigenvalue weighted by atomic mass is 10.1. The summed E-state index contributed by atoms with van der Waals surface area (Å²) in [5.41, 5.74) is 0. The highest BCUT2D eigenvalue weighted by atomic mass is 127. The van der Waals surface area contributed by atoms with Gasteiger partial charge in [-0.15, -0.1) is 24.0 Å². The van der Waals surface area contributed by atoms with Crippen LogP contribution in [0.2, 0.25) is 0 Å². The number of hydrogen-bond acceptors (Lipinski definition) is 3. The first-order chi connectivity index (χ1) is 9.10. The fourth-order valence-corrected chi connectivity index (χ4v) is 1.66. The maximum atomic E-state index is 5.04. The number of rotatable bonds is 10. The summed E-state index contributed by atoms with van der Waals surface area (Å²) in [4.78, 5) is 6.51. The predicted octanol–water partition coefficient (Wildman–Crippen LogP) is 1.78. The molecule has 0 saturated carbocycles. The van der Waals surface area contributed by atoms with Crippen LogP contribution >= 0.6 is 24.0 Å². The Labute approximate surface area is 141 Å². The Bertz CT molecular complexity index is 237. The summed E-state index contributed by atoms with van der Waals surface area (Å²) in [5.74, 6) is 1.61. The molecule has 0 unspecified atom stereocenters. The van der Waals surface area contributed by atoms with Crippen molar-refractivity contribution < 1.29 is 4.74 Å². The highest BCUT2D eigenvalue weighted by Gasteiger charge is 2.00. The van der Waals surface area contributed by atoms with Crippen molar-refractivity contribution in [2.45, 2.75) is 26.7 Å². The van der Waals surface area contributed by atoms with Gasteiger partial charge in [-0.25, -0.2) is 0 Å². The van der Waals surface area contributed by atoms with Gasteiger partial charge in [0.05, 0.1) is 0 Å². The number of nitrogens with zero attached hydrogens (tertiary/aromatic N) is 2. The van der Waals surface area contributed by atoms with Gasteiger partial charge in [-0.2, -0.15) is 0 Å². The minimum atomic E-state index is 0. The van der Waals surface area contributed by atoms with E-state index in [-0.39, 0.29) is 24.0 Å². The van der Waals surface area contributed by atoms with Crippen molar-refractivity contribution in [3.05, 3.63) is 0 Å². The van der Waals surface area contributed by atoms with E-state index in [4.69, 9.17) is 4.74 Å². The second-order valence-electron chi connectivity index (χ2n) is 5.26. The van der Waals surface area contributed by atoms with Crippen LogP contribution < -0.4 is 10.6 Å². The maximum absolute atomic E-state index is 5.04. The number of aliphatic imine (C=N–C) groups is 1. The second-order valence-corrected chi connectivity index (χ2v) is 5.26. The molecule has 0 bridgehead atoms. The van der Waals surface area contributed by atoms with E-state index >= 15 is 0 Å². The first-order valence-electron chi connectivity index (χ1n) is 7.22. The van der Waals surface area contributed by atoms with Gasteiger partial charge in [0.15, 0.2) is 5.96 Å². The number of guanidine groups is 1. The molecule has 5 nitrogen and oxygen atoms in total. The van der Waals surface area contributed by atoms with Crippen molar-refractivity contribution in [3.8, 4) is 0 Å². The summed E-state index contributed by atoms with van der Waals surface area (Å²) in [6, 6.07) is 0. The molecule has 0 aromatic carbocycles. The summed E-state index contributed by atoms with van der Waals surface area (Å²) in [5, 5.41) is 6.66. The third-order valence-electron chi connectivity index (χ3n) is 2.91. The smallest absolute Gasteiger partial charge is 0.191 e. The first kappa shape index (κ1) is 22.2. The predicted molar refractivity (Wildman–Crippen MR) is 98.2 cm³/mol. The van der Waals surface area contributed by atoms with E-state index in [2.05, 4.69) is 41.4 Å². The zero-order chi connectivity index (χ0) is 14.5. The average Bonchev–Trinajstić information content (AvgIpc) is 2.37. The monoisotopic (exact) mass is 400 g/mol. The molecule has 0 spiro atoms. The Morgan fingerprint density at radius 3 is 2.40 bits per heavy atom. The molecule has 6 heteroatoms. The molecular weight excluding hydrogens is 367 g/mol. The minimum absolute atomic E-state index is 0. The molecule has 0 saturated heterocycles. The standard InChI is InChI=1S/C14H32N4O.HI/c1-13(2)7-8-16-14(15-3)17-9-11-18(4)10-6-12-19-5;/h13H,6-12H2,1-5H3,(H2,15,16,17);1H. The zero-order valence-corrected chi connectivity index (χ0v) is 16.1. The van der Waals surface area contributed by atoms with Gasteiger partial charge in [0.2, 0.25) is 0 Å². The van der Waals surface area contributed by atoms with Crippen LogP contribution in [0.15, 0.2) is 4.99 Å². The highest BCUT2D eigenvalue weighted by Crippen LogP contribution is 1.95. The van der Waals surface area contributed by atoms with Crippen molar-refractivity contribution in [2.75, 3.05) is 54.0 Å². The minimum Gasteiger partial charge on any atom is -0.385 e. The number of halogens is 1. The van der Waals surface area contributed by atoms with E-state index in [0.29, 0.717) is 0 Å². The second kappa shape index (κ2) is 15.3. The normalized spacial score (nSPS) is 11.7. The molecule has 0 aliphatic carbocycles. The van der Waals surface area contributed by atoms with E-state index in [1.807, 2.05) is 7.05 Å². The SMILES string of the molecule is CN=C(NCCC(C)C)NCCN(C)CCCOC.I. The largest absolute Gasteiger partial charge is 0.385 e. The third-order valence-corrected chi connectivity index (χ3v) is 2.91. The van der Waals surface area contributed by atoms with Gasteiger partial charge < -0.3 is 20.3 Å². The molecule has 0 aliphatic heterocycles. The van der Waals surface area contributed by atoms with E-state index in [9.17, 15) is 0 Å². The van der Waals surface area contributed by atoms with E-state index in [1.165, 1.54) is 0 Å². The van der Waals surface area contributed by atoms with Gasteiger partial charge in [0.1, 0.15) is 0 Å². The Morgan fingerprint density at radius 2 is 1.85 bits per heavy atom. The van der Waals surface area contributed by atoms with Crippen LogP contribution in [0.1, 0.15) is 26.7 Å². The van der Waals surface area contributed by atoms with Gasteiger partial charge in [-0.05, 0) is 25.8 Å². The fraction of sp³-hybridized carbons (Fsp3) is 0.929. The lowest BCUT2D eigenvalue weighted by Gasteiger charge is -2.18. The van der Waals surface area contributed by atoms with Gasteiger partial charge in [0.25, 0.3) is 0 Å². The van der Waals surface area contributed by atoms with Gasteiger partial charge in [-0.3, -0.25) is 4.99 Å². The molecule has 0 heterocycles. The molecule has 122 valence electrons. The van der Waals surface area contributed by atoms with Crippen molar-refractivity contribution in [3.63, 3.8) is 0 Å². The summed E-state index contributed by atoms with van der Waals surface area (Å²) in [6.07, 6.45) is 2.24. The van der Waals surface area contributed by atoms with Crippen molar-refractivity contribution in [2.24, 2.45) is 10.9 Å². The Morgan fingerprint density at radius 1 is 1.20 bits per heavy atom. The van der Waals surface area contributed by atoms with Crippen LogP contribution in [-0.2, 0) is 4.74 Å². The van der Waals surface area contributed by atoms with Crippen LogP contribution in [0.4, 0.5) is 0 Å². The van der Waals surface area contributed by atoms with E-state index < -0.39 is 0 Å². The molecule has 0 amide bonds. The lowest BCUT2D eigenvalue weighted by Crippen LogP contribution is -2.41. The third kappa shape index (κ3) is 14.3. The summed E-state index contributed by atoms with van der Waals surface area (Å²) >= 11 is 0. The van der Waals surface area contributed by atoms with Gasteiger partial charge >= 0.3 is 0 Å². The molecule has 0 aliphatic rings. The van der Waals surface area contributed by atoms with Crippen molar-refractivity contribution in [1.29, 1.82) is 0 Å². The van der Waals surface area contributed by atoms with Crippen LogP contribution in [0.3, 0.4) is 0 Å². The summed E-state index contributed by atoms with van der Waals surface area (Å²) in [7, 11) is 5.69. The highest BCUT2D eigenvalue weighted by molar-refractivity contribution is 14.0. The lowest BCUT2D eigenvalue weighted by molar-refractivity contribution is 0.180. The molecule has 2 N–H and O–H groups in total. The van der Waals surface area contributed by atoms with Gasteiger partial charge in [-0.1, -0.05) is 13.8 Å². The molecule has 0 aromatic heterocycles. The summed E-state index contributed by atoms with van der Waals surface area (Å²) in [6.45, 7) is 9.24. The zero-order valence-electron chi connectivity index (χ0n) is 13.7. The Balaban J connectivity index is 0. The van der Waals surface area contributed by atoms with Crippen LogP contribution in [0, 0.1) is 5.92 Å². The number of hydrogen-bond donors (Lipinski definition) is 2. The van der Waals surface area contributed by atoms with Crippen molar-refractivity contribution >= 4 is 29.9 Å². The summed E-state index contributed by atoms with van der Waals surface area (Å²) < 4.78 is 5.04. The molecule has 0 radical (unpaired) electrons. The van der Waals surface area contributed by atoms with E-state index in [1.54, 1.807) is 7.11 Å². The maximum Gasteiger partial charge on any atom is 0.191 e. The fourth-order valence-electron chi connectivity index (χ4n) is 1.66. The number of nitrogens with one attached hydrogen (secondary N) is 2. The van der Waals surface area contributed by atoms with E-state index in [0.717, 1.165) is 57.5 Å². The number of likely N-dealkylation sites (N-methyl/N-ethyl adjacent to an activating group) is 1. The molecule has 0 rings (SSSR count). The number of methoxy groups -OCH3 is 1. The first-order valence-corrected chi connectivity index (χ1v) is 7.22. The topological polar surface area (TPSA) is 48.9 Å². The van der Waals surface area contributed by atoms with Crippen molar-refractivity contribution in [1.82, 2.24) is 15.5 Å². The Kier molecular flexibility index (Phi) is 17.0. The average molecular weight is 400 g/mol. The molecule has 0 fully saturated rings. The van der Waals surface area contributed by atoms with Crippen LogP contribution in [-0.4, -0.2) is 64.9 Å². The molecule has 0 atom stereocenters. The van der Waals surface area contributed by atoms with Crippen LogP contribution in [0.25, 0.3) is 0 Å². The quantitative estimate of drug-likeness (QED) is 0.254. The Hall–Kier alpha value is -0.0800. The van der Waals surface area contributed by atoms with Crippen LogP contribution in [0.5, 0.6) is 0 Å². The van der Waals surface area contributed by atoms with Gasteiger partial charge in [0, 0.05) is 46.9 Å². The number of ether oxygens (including phenoxy) is 1. The molecular formula is C14H33IN4O.